The summed E-state index contributed by atoms with van der Waals surface area (Å²) in [4.78, 5) is 17.3. The van der Waals surface area contributed by atoms with E-state index in [2.05, 4.69) is 15.6 Å². The fraction of sp³-hybridized carbons (Fsp3) is 0.0476. The van der Waals surface area contributed by atoms with Crippen molar-refractivity contribution in [3.63, 3.8) is 0 Å². The van der Waals surface area contributed by atoms with Crippen molar-refractivity contribution in [2.24, 2.45) is 0 Å². The van der Waals surface area contributed by atoms with Gasteiger partial charge in [-0.2, -0.15) is 0 Å². The van der Waals surface area contributed by atoms with Gasteiger partial charge in [-0.25, -0.2) is 4.98 Å². The molecule has 0 spiro atoms. The minimum Gasteiger partial charge on any atom is -0.382 e. The fourth-order valence-electron chi connectivity index (χ4n) is 2.81. The number of nitrogens with one attached hydrogen (secondary N) is 2. The minimum absolute atomic E-state index is 0.0992. The number of hydrogen-bond acceptors (Lipinski definition) is 5. The van der Waals surface area contributed by atoms with Crippen LogP contribution < -0.4 is 16.4 Å². The number of nitrogen functional groups attached to an aromatic ring is 1. The van der Waals surface area contributed by atoms with E-state index >= 15 is 0 Å². The molecule has 27 heavy (non-hydrogen) atoms. The third kappa shape index (κ3) is 3.91. The molecule has 0 unspecified atom stereocenters. The van der Waals surface area contributed by atoms with Crippen molar-refractivity contribution in [1.29, 1.82) is 0 Å². The van der Waals surface area contributed by atoms with Gasteiger partial charge in [0.2, 0.25) is 0 Å². The van der Waals surface area contributed by atoms with Gasteiger partial charge in [0.15, 0.2) is 0 Å². The highest BCUT2D eigenvalue weighted by Crippen LogP contribution is 2.26. The monoisotopic (exact) mass is 374 g/mol. The van der Waals surface area contributed by atoms with E-state index in [-0.39, 0.29) is 5.91 Å². The van der Waals surface area contributed by atoms with Gasteiger partial charge in [0.1, 0.15) is 5.82 Å². The third-order valence-corrected chi connectivity index (χ3v) is 5.27. The second-order valence-electron chi connectivity index (χ2n) is 6.09. The Labute approximate surface area is 160 Å². The summed E-state index contributed by atoms with van der Waals surface area (Å²) in [6, 6.07) is 21.4. The molecule has 1 amide bonds. The van der Waals surface area contributed by atoms with Crippen LogP contribution in [0.2, 0.25) is 0 Å². The summed E-state index contributed by atoms with van der Waals surface area (Å²) in [7, 11) is 0. The van der Waals surface area contributed by atoms with Crippen LogP contribution in [0.4, 0.5) is 17.2 Å². The summed E-state index contributed by atoms with van der Waals surface area (Å²) in [5.41, 5.74) is 8.43. The predicted octanol–water partition coefficient (Wildman–Crippen LogP) is 4.74. The summed E-state index contributed by atoms with van der Waals surface area (Å²) >= 11 is 1.49. The quantitative estimate of drug-likeness (QED) is 0.471. The lowest BCUT2D eigenvalue weighted by atomic mass is 10.2. The number of carbonyl (C=O) groups is 1. The molecule has 2 aromatic heterocycles. The number of hydrogen-bond donors (Lipinski definition) is 3. The van der Waals surface area contributed by atoms with Gasteiger partial charge in [0.25, 0.3) is 5.91 Å². The number of amides is 1. The molecular formula is C21H18N4OS. The van der Waals surface area contributed by atoms with Crippen LogP contribution in [0.15, 0.2) is 72.9 Å². The number of aromatic nitrogens is 1. The summed E-state index contributed by atoms with van der Waals surface area (Å²) in [6.45, 7) is 0.586. The molecule has 0 saturated carbocycles. The highest BCUT2D eigenvalue weighted by molar-refractivity contribution is 7.20. The average molecular weight is 374 g/mol. The number of rotatable bonds is 5. The summed E-state index contributed by atoms with van der Waals surface area (Å²) in [5, 5.41) is 7.32. The van der Waals surface area contributed by atoms with E-state index < -0.39 is 0 Å². The Morgan fingerprint density at radius 2 is 1.93 bits per heavy atom. The molecule has 0 aliphatic carbocycles. The largest absolute Gasteiger partial charge is 0.382 e. The normalized spacial score (nSPS) is 10.7. The molecule has 0 atom stereocenters. The molecule has 0 aliphatic heterocycles. The van der Waals surface area contributed by atoms with Crippen molar-refractivity contribution in [1.82, 2.24) is 4.98 Å². The summed E-state index contributed by atoms with van der Waals surface area (Å²) in [5.74, 6) is 0.365. The number of pyridine rings is 1. The van der Waals surface area contributed by atoms with Crippen molar-refractivity contribution in [3.05, 3.63) is 83.4 Å². The Morgan fingerprint density at radius 3 is 2.78 bits per heavy atom. The lowest BCUT2D eigenvalue weighted by molar-refractivity contribution is 0.103. The maximum Gasteiger partial charge on any atom is 0.265 e. The number of thiophene rings is 1. The first-order chi connectivity index (χ1) is 13.2. The predicted molar refractivity (Wildman–Crippen MR) is 112 cm³/mol. The van der Waals surface area contributed by atoms with Crippen LogP contribution in [0.3, 0.4) is 0 Å². The molecule has 4 rings (SSSR count). The van der Waals surface area contributed by atoms with Crippen LogP contribution >= 0.6 is 11.3 Å². The van der Waals surface area contributed by atoms with Gasteiger partial charge < -0.3 is 16.4 Å². The highest BCUT2D eigenvalue weighted by atomic mass is 32.1. The van der Waals surface area contributed by atoms with E-state index in [9.17, 15) is 4.79 Å². The SMILES string of the molecule is Nc1ncccc1NCc1cccc(NC(=O)c2cc3ccccc3s2)c1. The molecule has 0 aliphatic rings. The van der Waals surface area contributed by atoms with Crippen LogP contribution in [0.1, 0.15) is 15.2 Å². The first-order valence-electron chi connectivity index (χ1n) is 8.52. The molecule has 4 aromatic rings. The number of anilines is 3. The maximum absolute atomic E-state index is 12.6. The van der Waals surface area contributed by atoms with Crippen molar-refractivity contribution in [2.75, 3.05) is 16.4 Å². The number of benzene rings is 2. The summed E-state index contributed by atoms with van der Waals surface area (Å²) < 4.78 is 1.11. The molecular weight excluding hydrogens is 356 g/mol. The van der Waals surface area contributed by atoms with Gasteiger partial charge in [0, 0.05) is 23.1 Å². The van der Waals surface area contributed by atoms with E-state index in [4.69, 9.17) is 5.73 Å². The van der Waals surface area contributed by atoms with Gasteiger partial charge in [0.05, 0.1) is 10.6 Å². The Balaban J connectivity index is 1.45. The molecule has 4 N–H and O–H groups in total. The molecule has 5 nitrogen and oxygen atoms in total. The number of nitrogens with two attached hydrogens (primary N) is 1. The Hall–Kier alpha value is -3.38. The Bertz CT molecular complexity index is 1070. The first kappa shape index (κ1) is 17.1. The minimum atomic E-state index is -0.0992. The Morgan fingerprint density at radius 1 is 1.04 bits per heavy atom. The summed E-state index contributed by atoms with van der Waals surface area (Å²) in [6.07, 6.45) is 1.66. The molecule has 2 heterocycles. The van der Waals surface area contributed by atoms with E-state index in [1.165, 1.54) is 11.3 Å². The van der Waals surface area contributed by atoms with Gasteiger partial charge in [-0.3, -0.25) is 4.79 Å². The number of fused-ring (bicyclic) bond motifs is 1. The van der Waals surface area contributed by atoms with Crippen molar-refractivity contribution >= 4 is 44.5 Å². The van der Waals surface area contributed by atoms with Gasteiger partial charge >= 0.3 is 0 Å². The maximum atomic E-state index is 12.6. The molecule has 6 heteroatoms. The second-order valence-corrected chi connectivity index (χ2v) is 7.18. The zero-order valence-electron chi connectivity index (χ0n) is 14.5. The van der Waals surface area contributed by atoms with Crippen LogP contribution in [0, 0.1) is 0 Å². The highest BCUT2D eigenvalue weighted by Gasteiger charge is 2.10. The lowest BCUT2D eigenvalue weighted by Gasteiger charge is -2.10. The fourth-order valence-corrected chi connectivity index (χ4v) is 3.77. The first-order valence-corrected chi connectivity index (χ1v) is 9.34. The molecule has 0 radical (unpaired) electrons. The molecule has 0 fully saturated rings. The van der Waals surface area contributed by atoms with Gasteiger partial charge in [-0.15, -0.1) is 11.3 Å². The molecule has 2 aromatic carbocycles. The van der Waals surface area contributed by atoms with Gasteiger partial charge in [-0.1, -0.05) is 30.3 Å². The van der Waals surface area contributed by atoms with Crippen molar-refractivity contribution in [2.45, 2.75) is 6.54 Å². The smallest absolute Gasteiger partial charge is 0.265 e. The number of nitrogens with zero attached hydrogens (tertiary/aromatic N) is 1. The second kappa shape index (κ2) is 7.47. The Kier molecular flexibility index (Phi) is 4.72. The zero-order valence-corrected chi connectivity index (χ0v) is 15.3. The third-order valence-electron chi connectivity index (χ3n) is 4.16. The van der Waals surface area contributed by atoms with Crippen LogP contribution in [-0.2, 0) is 6.54 Å². The zero-order chi connectivity index (χ0) is 18.6. The molecule has 134 valence electrons. The van der Waals surface area contributed by atoms with Crippen molar-refractivity contribution < 1.29 is 4.79 Å². The van der Waals surface area contributed by atoms with E-state index in [0.29, 0.717) is 17.2 Å². The molecule has 0 bridgehead atoms. The van der Waals surface area contributed by atoms with E-state index in [1.807, 2.05) is 66.7 Å². The van der Waals surface area contributed by atoms with E-state index in [0.717, 1.165) is 27.0 Å². The van der Waals surface area contributed by atoms with Gasteiger partial charge in [-0.05, 0) is 47.3 Å². The van der Waals surface area contributed by atoms with E-state index in [1.54, 1.807) is 6.20 Å². The topological polar surface area (TPSA) is 80.0 Å². The lowest BCUT2D eigenvalue weighted by Crippen LogP contribution is -2.10. The van der Waals surface area contributed by atoms with Crippen LogP contribution in [0.25, 0.3) is 10.1 Å². The average Bonchev–Trinajstić information content (AvgIpc) is 3.12. The number of carbonyl (C=O) groups excluding carboxylic acids is 1. The van der Waals surface area contributed by atoms with Crippen molar-refractivity contribution in [3.8, 4) is 0 Å². The standard InChI is InChI=1S/C21H18N4OS/c22-20-17(8-4-10-23-20)24-13-14-5-3-7-16(11-14)25-21(26)19-12-15-6-1-2-9-18(15)27-19/h1-12,24H,13H2,(H2,22,23)(H,25,26). The molecule has 0 saturated heterocycles. The van der Waals surface area contributed by atoms with Crippen LogP contribution in [0.5, 0.6) is 0 Å². The van der Waals surface area contributed by atoms with Crippen LogP contribution in [-0.4, -0.2) is 10.9 Å².